The number of amides is 1. The van der Waals surface area contributed by atoms with Gasteiger partial charge in [0, 0.05) is 35.8 Å². The predicted octanol–water partition coefficient (Wildman–Crippen LogP) is 1.05. The molecule has 0 aliphatic rings. The molecule has 2 N–H and O–H groups in total. The van der Waals surface area contributed by atoms with Gasteiger partial charge in [0.25, 0.3) is 5.56 Å². The Morgan fingerprint density at radius 1 is 1.21 bits per heavy atom. The Hall–Kier alpha value is -3.75. The third-order valence-electron chi connectivity index (χ3n) is 3.93. The number of aromatic amines is 1. The molecule has 0 spiro atoms. The molecular formula is C19H19N5O4. The zero-order valence-corrected chi connectivity index (χ0v) is 15.4. The lowest BCUT2D eigenvalue weighted by atomic mass is 10.2. The van der Waals surface area contributed by atoms with Crippen molar-refractivity contribution in [3.8, 4) is 11.6 Å². The van der Waals surface area contributed by atoms with Crippen LogP contribution in [0.1, 0.15) is 16.8 Å². The topological polar surface area (TPSA) is 119 Å². The predicted molar refractivity (Wildman–Crippen MR) is 101 cm³/mol. The van der Waals surface area contributed by atoms with Crippen LogP contribution in [0.3, 0.4) is 0 Å². The summed E-state index contributed by atoms with van der Waals surface area (Å²) in [5, 5.41) is 2.72. The number of hydrogen-bond donors (Lipinski definition) is 2. The minimum absolute atomic E-state index is 0.165. The Kier molecular flexibility index (Phi) is 5.64. The van der Waals surface area contributed by atoms with Gasteiger partial charge < -0.3 is 10.1 Å². The molecule has 28 heavy (non-hydrogen) atoms. The standard InChI is InChI=1S/C19H19N5O4/c1-12-10-24(19(27)23-17(12)26)11-16(25)22-8-14-4-3-7-20-18(14)28-15-6-5-13(2)21-9-15/h3-7,9-10H,8,11H2,1-2H3,(H,22,25)(H,23,26,27). The number of nitrogens with one attached hydrogen (secondary N) is 2. The molecule has 0 fully saturated rings. The number of nitrogens with zero attached hydrogens (tertiary/aromatic N) is 3. The van der Waals surface area contributed by atoms with Crippen LogP contribution < -0.4 is 21.3 Å². The van der Waals surface area contributed by atoms with Gasteiger partial charge in [-0.15, -0.1) is 0 Å². The van der Waals surface area contributed by atoms with Crippen molar-refractivity contribution in [3.63, 3.8) is 0 Å². The van der Waals surface area contributed by atoms with Crippen LogP contribution in [0.25, 0.3) is 0 Å². The van der Waals surface area contributed by atoms with E-state index < -0.39 is 11.2 Å². The third kappa shape index (κ3) is 4.70. The summed E-state index contributed by atoms with van der Waals surface area (Å²) in [4.78, 5) is 45.9. The lowest BCUT2D eigenvalue weighted by Gasteiger charge is -2.11. The van der Waals surface area contributed by atoms with E-state index in [2.05, 4.69) is 20.3 Å². The molecule has 0 saturated carbocycles. The number of hydrogen-bond acceptors (Lipinski definition) is 6. The number of carbonyl (C=O) groups excluding carboxylic acids is 1. The molecule has 3 aromatic heterocycles. The van der Waals surface area contributed by atoms with Crippen molar-refractivity contribution < 1.29 is 9.53 Å². The van der Waals surface area contributed by atoms with Crippen LogP contribution in [0.5, 0.6) is 11.6 Å². The highest BCUT2D eigenvalue weighted by atomic mass is 16.5. The maximum absolute atomic E-state index is 12.2. The molecule has 0 saturated heterocycles. The monoisotopic (exact) mass is 381 g/mol. The Labute approximate surface area is 160 Å². The van der Waals surface area contributed by atoms with Crippen LogP contribution in [0, 0.1) is 13.8 Å². The zero-order valence-electron chi connectivity index (χ0n) is 15.4. The van der Waals surface area contributed by atoms with Gasteiger partial charge in [-0.05, 0) is 32.0 Å². The van der Waals surface area contributed by atoms with Crippen LogP contribution in [0.2, 0.25) is 0 Å². The Morgan fingerprint density at radius 3 is 2.79 bits per heavy atom. The summed E-state index contributed by atoms with van der Waals surface area (Å²) in [6, 6.07) is 7.12. The van der Waals surface area contributed by atoms with Gasteiger partial charge in [-0.1, -0.05) is 6.07 Å². The molecule has 3 rings (SSSR count). The van der Waals surface area contributed by atoms with Crippen molar-refractivity contribution in [1.82, 2.24) is 24.8 Å². The first-order valence-corrected chi connectivity index (χ1v) is 8.54. The van der Waals surface area contributed by atoms with Crippen molar-refractivity contribution in [3.05, 3.63) is 80.5 Å². The smallest absolute Gasteiger partial charge is 0.328 e. The van der Waals surface area contributed by atoms with E-state index in [-0.39, 0.29) is 19.0 Å². The molecule has 0 aliphatic heterocycles. The molecule has 0 aromatic carbocycles. The van der Waals surface area contributed by atoms with Crippen molar-refractivity contribution in [2.24, 2.45) is 0 Å². The lowest BCUT2D eigenvalue weighted by Crippen LogP contribution is -2.36. The van der Waals surface area contributed by atoms with Crippen LogP contribution >= 0.6 is 0 Å². The second-order valence-electron chi connectivity index (χ2n) is 6.18. The second kappa shape index (κ2) is 8.30. The van der Waals surface area contributed by atoms with E-state index in [4.69, 9.17) is 4.74 Å². The molecule has 0 radical (unpaired) electrons. The fourth-order valence-electron chi connectivity index (χ4n) is 2.42. The van der Waals surface area contributed by atoms with Gasteiger partial charge in [0.15, 0.2) is 0 Å². The first kappa shape index (κ1) is 19.0. The first-order chi connectivity index (χ1) is 13.4. The van der Waals surface area contributed by atoms with Crippen molar-refractivity contribution >= 4 is 5.91 Å². The van der Waals surface area contributed by atoms with Crippen LogP contribution in [0.4, 0.5) is 0 Å². The average molecular weight is 381 g/mol. The molecule has 9 heteroatoms. The van der Waals surface area contributed by atoms with Gasteiger partial charge in [-0.25, -0.2) is 9.78 Å². The fourth-order valence-corrected chi connectivity index (χ4v) is 2.42. The van der Waals surface area contributed by atoms with Crippen molar-refractivity contribution in [2.45, 2.75) is 26.9 Å². The van der Waals surface area contributed by atoms with Crippen molar-refractivity contribution in [2.75, 3.05) is 0 Å². The van der Waals surface area contributed by atoms with Gasteiger partial charge in [0.1, 0.15) is 12.3 Å². The number of ether oxygens (including phenoxy) is 1. The van der Waals surface area contributed by atoms with Crippen LogP contribution in [0.15, 0.2) is 52.4 Å². The molecule has 3 heterocycles. The number of carbonyl (C=O) groups is 1. The number of H-pyrrole nitrogens is 1. The first-order valence-electron chi connectivity index (χ1n) is 8.54. The highest BCUT2D eigenvalue weighted by molar-refractivity contribution is 5.75. The van der Waals surface area contributed by atoms with E-state index in [1.165, 1.54) is 6.20 Å². The molecule has 144 valence electrons. The molecule has 3 aromatic rings. The number of rotatable bonds is 6. The van der Waals surface area contributed by atoms with Gasteiger partial charge >= 0.3 is 5.69 Å². The van der Waals surface area contributed by atoms with Gasteiger partial charge in [0.2, 0.25) is 11.8 Å². The Bertz CT molecular complexity index is 1100. The maximum atomic E-state index is 12.2. The zero-order chi connectivity index (χ0) is 20.1. The molecule has 1 amide bonds. The van der Waals surface area contributed by atoms with E-state index in [9.17, 15) is 14.4 Å². The van der Waals surface area contributed by atoms with E-state index in [1.54, 1.807) is 37.5 Å². The van der Waals surface area contributed by atoms with Gasteiger partial charge in [-0.2, -0.15) is 0 Å². The number of aromatic nitrogens is 4. The summed E-state index contributed by atoms with van der Waals surface area (Å²) >= 11 is 0. The summed E-state index contributed by atoms with van der Waals surface area (Å²) in [6.45, 7) is 3.39. The Balaban J connectivity index is 1.67. The number of pyridine rings is 2. The SMILES string of the molecule is Cc1ccc(Oc2ncccc2CNC(=O)Cn2cc(C)c(=O)[nH]c2=O)cn1. The van der Waals surface area contributed by atoms with E-state index in [0.29, 0.717) is 22.8 Å². The van der Waals surface area contributed by atoms with E-state index >= 15 is 0 Å². The molecule has 0 aliphatic carbocycles. The quantitative estimate of drug-likeness (QED) is 0.659. The molecule has 0 atom stereocenters. The van der Waals surface area contributed by atoms with Crippen molar-refractivity contribution in [1.29, 1.82) is 0 Å². The normalized spacial score (nSPS) is 10.5. The summed E-state index contributed by atoms with van der Waals surface area (Å²) in [7, 11) is 0. The highest BCUT2D eigenvalue weighted by Crippen LogP contribution is 2.22. The minimum Gasteiger partial charge on any atom is -0.437 e. The minimum atomic E-state index is -0.636. The fraction of sp³-hybridized carbons (Fsp3) is 0.211. The van der Waals surface area contributed by atoms with Gasteiger partial charge in [0.05, 0.1) is 6.20 Å². The van der Waals surface area contributed by atoms with Crippen LogP contribution in [-0.4, -0.2) is 25.4 Å². The Morgan fingerprint density at radius 2 is 2.04 bits per heavy atom. The van der Waals surface area contributed by atoms with Gasteiger partial charge in [-0.3, -0.25) is 24.1 Å². The second-order valence-corrected chi connectivity index (χ2v) is 6.18. The number of aryl methyl sites for hydroxylation is 2. The lowest BCUT2D eigenvalue weighted by molar-refractivity contribution is -0.121. The molecule has 0 unspecified atom stereocenters. The maximum Gasteiger partial charge on any atom is 0.328 e. The molecule has 0 bridgehead atoms. The van der Waals surface area contributed by atoms with Crippen LogP contribution in [-0.2, 0) is 17.9 Å². The summed E-state index contributed by atoms with van der Waals surface area (Å²) < 4.78 is 6.89. The van der Waals surface area contributed by atoms with E-state index in [0.717, 1.165) is 10.3 Å². The summed E-state index contributed by atoms with van der Waals surface area (Å²) in [6.07, 6.45) is 4.53. The third-order valence-corrected chi connectivity index (χ3v) is 3.93. The molecular weight excluding hydrogens is 362 g/mol. The molecule has 9 nitrogen and oxygen atoms in total. The van der Waals surface area contributed by atoms with E-state index in [1.807, 2.05) is 13.0 Å². The summed E-state index contributed by atoms with van der Waals surface area (Å²) in [5.41, 5.74) is 0.782. The largest absolute Gasteiger partial charge is 0.437 e. The highest BCUT2D eigenvalue weighted by Gasteiger charge is 2.10. The average Bonchev–Trinajstić information content (AvgIpc) is 2.67. The summed E-state index contributed by atoms with van der Waals surface area (Å²) in [5.74, 6) is 0.498.